The summed E-state index contributed by atoms with van der Waals surface area (Å²) in [4.78, 5) is 25.4. The van der Waals surface area contributed by atoms with Crippen LogP contribution in [0, 0.1) is 18.3 Å². The Bertz CT molecular complexity index is 972. The van der Waals surface area contributed by atoms with Gasteiger partial charge < -0.3 is 9.64 Å². The zero-order valence-electron chi connectivity index (χ0n) is 17.1. The number of aryl methyl sites for hydroxylation is 1. The molecule has 0 aromatic heterocycles. The fraction of sp³-hybridized carbons (Fsp3) is 0.550. The van der Waals surface area contributed by atoms with Crippen LogP contribution < -0.4 is 14.8 Å². The summed E-state index contributed by atoms with van der Waals surface area (Å²) in [6.45, 7) is 3.82. The maximum atomic E-state index is 12.7. The lowest BCUT2D eigenvalue weighted by atomic mass is 10.1. The van der Waals surface area contributed by atoms with Crippen molar-refractivity contribution in [2.45, 2.75) is 62.6 Å². The lowest BCUT2D eigenvalue weighted by molar-refractivity contribution is -0.133. The van der Waals surface area contributed by atoms with Crippen LogP contribution in [-0.4, -0.2) is 56.4 Å². The monoisotopic (exact) mass is 434 g/mol. The summed E-state index contributed by atoms with van der Waals surface area (Å²) < 4.78 is 32.2. The second-order valence-electron chi connectivity index (χ2n) is 7.71. The summed E-state index contributed by atoms with van der Waals surface area (Å²) >= 11 is 0. The van der Waals surface area contributed by atoms with E-state index in [4.69, 9.17) is 4.74 Å². The Hall–Kier alpha value is -2.64. The molecule has 1 aromatic rings. The Morgan fingerprint density at radius 2 is 2.10 bits per heavy atom. The third kappa shape index (κ3) is 4.91. The van der Waals surface area contributed by atoms with Gasteiger partial charge in [-0.15, -0.1) is 0 Å². The van der Waals surface area contributed by atoms with Crippen molar-refractivity contribution in [2.24, 2.45) is 0 Å². The van der Waals surface area contributed by atoms with Crippen molar-refractivity contribution in [1.29, 1.82) is 5.26 Å². The molecule has 0 unspecified atom stereocenters. The molecule has 9 nitrogen and oxygen atoms in total. The zero-order valence-corrected chi connectivity index (χ0v) is 17.9. The largest absolute Gasteiger partial charge is 0.492 e. The van der Waals surface area contributed by atoms with Crippen LogP contribution in [0.5, 0.6) is 5.75 Å². The molecule has 3 atom stereocenters. The molecule has 2 amide bonds. The van der Waals surface area contributed by atoms with E-state index in [2.05, 4.69) is 11.4 Å². The van der Waals surface area contributed by atoms with Gasteiger partial charge in [-0.1, -0.05) is 6.07 Å². The summed E-state index contributed by atoms with van der Waals surface area (Å²) in [6, 6.07) is 5.88. The second-order valence-corrected chi connectivity index (χ2v) is 9.39. The number of ether oxygens (including phenoxy) is 1. The molecule has 0 aliphatic carbocycles. The summed E-state index contributed by atoms with van der Waals surface area (Å²) in [7, 11) is -3.95. The van der Waals surface area contributed by atoms with Crippen LogP contribution in [0.2, 0.25) is 0 Å². The second kappa shape index (κ2) is 9.02. The van der Waals surface area contributed by atoms with E-state index in [0.717, 1.165) is 31.7 Å². The Morgan fingerprint density at radius 1 is 1.33 bits per heavy atom. The standard InChI is InChI=1S/C20H26N4O5S/c1-13-5-7-17(30(27,28)23-14(2)25)10-19(13)29-12-15-6-8-18(22-15)20(26)24-9-3-4-16(24)11-21/h5,7,10,15-16,18,22H,3-4,6,8-9,12H2,1-2H3,(H,23,25)/t15-,16+,18+/m1/s1. The lowest BCUT2D eigenvalue weighted by Crippen LogP contribution is -2.47. The van der Waals surface area contributed by atoms with Crippen LogP contribution in [0.4, 0.5) is 0 Å². The number of nitrogens with one attached hydrogen (secondary N) is 2. The minimum Gasteiger partial charge on any atom is -0.492 e. The molecular formula is C20H26N4O5S. The van der Waals surface area contributed by atoms with Gasteiger partial charge in [-0.2, -0.15) is 5.26 Å². The van der Waals surface area contributed by atoms with Gasteiger partial charge in [-0.05, 0) is 44.2 Å². The van der Waals surface area contributed by atoms with E-state index < -0.39 is 15.9 Å². The molecule has 10 heteroatoms. The van der Waals surface area contributed by atoms with Crippen molar-refractivity contribution in [3.63, 3.8) is 0 Å². The smallest absolute Gasteiger partial charge is 0.264 e. The van der Waals surface area contributed by atoms with Gasteiger partial charge in [0.25, 0.3) is 10.0 Å². The van der Waals surface area contributed by atoms with Crippen molar-refractivity contribution < 1.29 is 22.7 Å². The molecule has 2 heterocycles. The van der Waals surface area contributed by atoms with Crippen LogP contribution in [0.3, 0.4) is 0 Å². The number of likely N-dealkylation sites (tertiary alicyclic amines) is 1. The third-order valence-electron chi connectivity index (χ3n) is 5.41. The Labute approximate surface area is 176 Å². The Morgan fingerprint density at radius 3 is 2.80 bits per heavy atom. The van der Waals surface area contributed by atoms with E-state index in [1.165, 1.54) is 12.1 Å². The predicted octanol–water partition coefficient (Wildman–Crippen LogP) is 0.834. The maximum absolute atomic E-state index is 12.7. The fourth-order valence-electron chi connectivity index (χ4n) is 3.85. The van der Waals surface area contributed by atoms with Gasteiger partial charge in [-0.25, -0.2) is 13.1 Å². The molecule has 2 N–H and O–H groups in total. The molecule has 3 rings (SSSR count). The van der Waals surface area contributed by atoms with Crippen LogP contribution in [-0.2, 0) is 19.6 Å². The zero-order chi connectivity index (χ0) is 21.9. The Balaban J connectivity index is 1.60. The summed E-state index contributed by atoms with van der Waals surface area (Å²) in [5.41, 5.74) is 0.760. The highest BCUT2D eigenvalue weighted by Crippen LogP contribution is 2.25. The van der Waals surface area contributed by atoms with Gasteiger partial charge in [0.05, 0.1) is 17.0 Å². The van der Waals surface area contributed by atoms with Crippen molar-refractivity contribution in [3.05, 3.63) is 23.8 Å². The van der Waals surface area contributed by atoms with Gasteiger partial charge in [-0.3, -0.25) is 14.9 Å². The average Bonchev–Trinajstić information content (AvgIpc) is 3.35. The number of benzene rings is 1. The van der Waals surface area contributed by atoms with E-state index >= 15 is 0 Å². The van der Waals surface area contributed by atoms with Crippen molar-refractivity contribution in [1.82, 2.24) is 14.9 Å². The molecule has 162 valence electrons. The molecule has 0 spiro atoms. The SMILES string of the molecule is CC(=O)NS(=O)(=O)c1ccc(C)c(OC[C@H]2CC[C@@H](C(=O)N3CCC[C@H]3C#N)N2)c1. The molecule has 2 saturated heterocycles. The van der Waals surface area contributed by atoms with E-state index in [1.807, 2.05) is 4.72 Å². The number of carbonyl (C=O) groups is 2. The molecule has 0 radical (unpaired) electrons. The van der Waals surface area contributed by atoms with Crippen LogP contribution in [0.25, 0.3) is 0 Å². The first-order valence-corrected chi connectivity index (χ1v) is 11.4. The van der Waals surface area contributed by atoms with E-state index in [0.29, 0.717) is 18.7 Å². The van der Waals surface area contributed by atoms with E-state index in [9.17, 15) is 23.3 Å². The van der Waals surface area contributed by atoms with Gasteiger partial charge >= 0.3 is 0 Å². The predicted molar refractivity (Wildman–Crippen MR) is 108 cm³/mol. The number of amides is 2. The maximum Gasteiger partial charge on any atom is 0.264 e. The van der Waals surface area contributed by atoms with Gasteiger partial charge in [0, 0.05) is 25.6 Å². The van der Waals surface area contributed by atoms with E-state index in [1.54, 1.807) is 17.9 Å². The Kier molecular flexibility index (Phi) is 6.63. The minimum atomic E-state index is -3.95. The number of carbonyl (C=O) groups excluding carboxylic acids is 2. The summed E-state index contributed by atoms with van der Waals surface area (Å²) in [5.74, 6) is -0.302. The molecular weight excluding hydrogens is 408 g/mol. The molecule has 30 heavy (non-hydrogen) atoms. The first-order valence-electron chi connectivity index (χ1n) is 9.94. The highest BCUT2D eigenvalue weighted by atomic mass is 32.2. The molecule has 1 aromatic carbocycles. The quantitative estimate of drug-likeness (QED) is 0.679. The number of hydrogen-bond acceptors (Lipinski definition) is 7. The molecule has 0 saturated carbocycles. The lowest BCUT2D eigenvalue weighted by Gasteiger charge is -2.24. The summed E-state index contributed by atoms with van der Waals surface area (Å²) in [5, 5.41) is 12.5. The van der Waals surface area contributed by atoms with Crippen molar-refractivity contribution in [2.75, 3.05) is 13.2 Å². The highest BCUT2D eigenvalue weighted by molar-refractivity contribution is 7.90. The van der Waals surface area contributed by atoms with Crippen molar-refractivity contribution in [3.8, 4) is 11.8 Å². The number of nitrogens with zero attached hydrogens (tertiary/aromatic N) is 2. The highest BCUT2D eigenvalue weighted by Gasteiger charge is 2.37. The van der Waals surface area contributed by atoms with Gasteiger partial charge in [0.2, 0.25) is 11.8 Å². The van der Waals surface area contributed by atoms with Gasteiger partial charge in [0.1, 0.15) is 18.4 Å². The topological polar surface area (TPSA) is 129 Å². The molecule has 0 bridgehead atoms. The van der Waals surface area contributed by atoms with Gasteiger partial charge in [0.15, 0.2) is 0 Å². The number of hydrogen-bond donors (Lipinski definition) is 2. The minimum absolute atomic E-state index is 0.0406. The first kappa shape index (κ1) is 22.1. The molecule has 2 fully saturated rings. The van der Waals surface area contributed by atoms with Crippen LogP contribution in [0.1, 0.15) is 38.2 Å². The van der Waals surface area contributed by atoms with Crippen LogP contribution >= 0.6 is 0 Å². The number of rotatable bonds is 6. The average molecular weight is 435 g/mol. The fourth-order valence-corrected chi connectivity index (χ4v) is 4.86. The molecule has 2 aliphatic rings. The number of sulfonamides is 1. The van der Waals surface area contributed by atoms with Crippen LogP contribution in [0.15, 0.2) is 23.1 Å². The normalized spacial score (nSPS) is 23.8. The van der Waals surface area contributed by atoms with E-state index in [-0.39, 0.29) is 35.5 Å². The van der Waals surface area contributed by atoms with Crippen molar-refractivity contribution >= 4 is 21.8 Å². The molecule has 2 aliphatic heterocycles. The first-order chi connectivity index (χ1) is 14.2. The number of nitriles is 1. The summed E-state index contributed by atoms with van der Waals surface area (Å²) in [6.07, 6.45) is 2.97. The third-order valence-corrected chi connectivity index (χ3v) is 6.84.